The maximum absolute atomic E-state index is 12.3. The van der Waals surface area contributed by atoms with E-state index in [0.717, 1.165) is 29.9 Å². The summed E-state index contributed by atoms with van der Waals surface area (Å²) >= 11 is 0. The summed E-state index contributed by atoms with van der Waals surface area (Å²) in [5.41, 5.74) is -0.352. The molecule has 21 heavy (non-hydrogen) atoms. The SMILES string of the molecule is CC(C)(C#N)CCCS(=O)c1ccc2c(c1)OCCCO2. The van der Waals surface area contributed by atoms with Gasteiger partial charge < -0.3 is 9.47 Å². The van der Waals surface area contributed by atoms with E-state index in [2.05, 4.69) is 6.07 Å². The van der Waals surface area contributed by atoms with Crippen LogP contribution in [0.25, 0.3) is 0 Å². The van der Waals surface area contributed by atoms with Gasteiger partial charge in [0.1, 0.15) is 0 Å². The van der Waals surface area contributed by atoms with Crippen molar-refractivity contribution >= 4 is 10.8 Å². The Morgan fingerprint density at radius 2 is 2.00 bits per heavy atom. The van der Waals surface area contributed by atoms with E-state index >= 15 is 0 Å². The zero-order valence-corrected chi connectivity index (χ0v) is 13.4. The molecule has 1 atom stereocenters. The van der Waals surface area contributed by atoms with Gasteiger partial charge >= 0.3 is 0 Å². The minimum atomic E-state index is -1.07. The molecule has 0 radical (unpaired) electrons. The number of fused-ring (bicyclic) bond motifs is 1. The number of benzene rings is 1. The van der Waals surface area contributed by atoms with E-state index in [9.17, 15) is 4.21 Å². The fourth-order valence-corrected chi connectivity index (χ4v) is 3.20. The molecule has 1 heterocycles. The first-order valence-electron chi connectivity index (χ1n) is 7.21. The van der Waals surface area contributed by atoms with Crippen LogP contribution in [0.1, 0.15) is 33.1 Å². The standard InChI is InChI=1S/C16H21NO3S/c1-16(2,12-17)7-3-10-21(18)13-5-6-14-15(11-13)20-9-4-8-19-14/h5-6,11H,3-4,7-10H2,1-2H3. The van der Waals surface area contributed by atoms with E-state index in [1.54, 1.807) is 0 Å². The maximum atomic E-state index is 12.3. The van der Waals surface area contributed by atoms with Crippen molar-refractivity contribution in [2.24, 2.45) is 5.41 Å². The number of nitrogens with zero attached hydrogens (tertiary/aromatic N) is 1. The van der Waals surface area contributed by atoms with E-state index in [0.29, 0.717) is 24.7 Å². The fraction of sp³-hybridized carbons (Fsp3) is 0.562. The van der Waals surface area contributed by atoms with Crippen LogP contribution in [0.5, 0.6) is 11.5 Å². The zero-order chi connectivity index (χ0) is 15.3. The second-order valence-electron chi connectivity index (χ2n) is 5.81. The second kappa shape index (κ2) is 6.95. The van der Waals surface area contributed by atoms with Crippen LogP contribution >= 0.6 is 0 Å². The van der Waals surface area contributed by atoms with Gasteiger partial charge in [-0.25, -0.2) is 0 Å². The highest BCUT2D eigenvalue weighted by atomic mass is 32.2. The third-order valence-electron chi connectivity index (χ3n) is 3.42. The Morgan fingerprint density at radius 1 is 1.29 bits per heavy atom. The Morgan fingerprint density at radius 3 is 2.71 bits per heavy atom. The first-order valence-corrected chi connectivity index (χ1v) is 8.53. The molecule has 4 nitrogen and oxygen atoms in total. The molecule has 0 saturated heterocycles. The van der Waals surface area contributed by atoms with Crippen LogP contribution in [0.3, 0.4) is 0 Å². The van der Waals surface area contributed by atoms with Crippen molar-refractivity contribution in [1.29, 1.82) is 5.26 Å². The molecule has 114 valence electrons. The van der Waals surface area contributed by atoms with Crippen LogP contribution in [0, 0.1) is 16.7 Å². The van der Waals surface area contributed by atoms with Crippen molar-refractivity contribution < 1.29 is 13.7 Å². The topological polar surface area (TPSA) is 59.3 Å². The Bertz CT molecular complexity index is 563. The largest absolute Gasteiger partial charge is 0.490 e. The fourth-order valence-electron chi connectivity index (χ4n) is 2.10. The van der Waals surface area contributed by atoms with Crippen LogP contribution in [0.2, 0.25) is 0 Å². The van der Waals surface area contributed by atoms with Gasteiger partial charge in [0, 0.05) is 23.1 Å². The summed E-state index contributed by atoms with van der Waals surface area (Å²) in [5.74, 6) is 1.96. The lowest BCUT2D eigenvalue weighted by Crippen LogP contribution is -2.10. The molecule has 5 heteroatoms. The maximum Gasteiger partial charge on any atom is 0.162 e. The first kappa shape index (κ1) is 15.8. The summed E-state index contributed by atoms with van der Waals surface area (Å²) in [7, 11) is -1.07. The quantitative estimate of drug-likeness (QED) is 0.837. The lowest BCUT2D eigenvalue weighted by Gasteiger charge is -2.14. The van der Waals surface area contributed by atoms with Gasteiger partial charge in [-0.3, -0.25) is 4.21 Å². The first-order chi connectivity index (χ1) is 10.0. The zero-order valence-electron chi connectivity index (χ0n) is 12.6. The summed E-state index contributed by atoms with van der Waals surface area (Å²) < 4.78 is 23.5. The van der Waals surface area contributed by atoms with Gasteiger partial charge in [0.05, 0.1) is 35.5 Å². The van der Waals surface area contributed by atoms with Crippen molar-refractivity contribution in [2.45, 2.75) is 38.0 Å². The van der Waals surface area contributed by atoms with E-state index < -0.39 is 10.8 Å². The Labute approximate surface area is 128 Å². The van der Waals surface area contributed by atoms with Crippen molar-refractivity contribution in [1.82, 2.24) is 0 Å². The van der Waals surface area contributed by atoms with Gasteiger partial charge in [-0.2, -0.15) is 5.26 Å². The molecule has 1 aromatic rings. The number of ether oxygens (including phenoxy) is 2. The number of rotatable bonds is 5. The van der Waals surface area contributed by atoms with E-state index in [1.807, 2.05) is 32.0 Å². The predicted octanol–water partition coefficient (Wildman–Crippen LogP) is 3.29. The van der Waals surface area contributed by atoms with Crippen LogP contribution in [-0.4, -0.2) is 23.2 Å². The van der Waals surface area contributed by atoms with Crippen LogP contribution in [-0.2, 0) is 10.8 Å². The highest BCUT2D eigenvalue weighted by molar-refractivity contribution is 7.85. The van der Waals surface area contributed by atoms with Crippen molar-refractivity contribution in [2.75, 3.05) is 19.0 Å². The number of hydrogen-bond donors (Lipinski definition) is 0. The average Bonchev–Trinajstić information content (AvgIpc) is 2.71. The molecular formula is C16H21NO3S. The third kappa shape index (κ3) is 4.47. The van der Waals surface area contributed by atoms with Crippen LogP contribution < -0.4 is 9.47 Å². The highest BCUT2D eigenvalue weighted by Crippen LogP contribution is 2.31. The van der Waals surface area contributed by atoms with Gasteiger partial charge in [0.15, 0.2) is 11.5 Å². The molecule has 1 unspecified atom stereocenters. The lowest BCUT2D eigenvalue weighted by molar-refractivity contribution is 0.297. The summed E-state index contributed by atoms with van der Waals surface area (Å²) in [6.07, 6.45) is 2.37. The molecule has 0 fully saturated rings. The van der Waals surface area contributed by atoms with Gasteiger partial charge in [0.25, 0.3) is 0 Å². The Hall–Kier alpha value is -1.54. The van der Waals surface area contributed by atoms with Crippen LogP contribution in [0.4, 0.5) is 0 Å². The van der Waals surface area contributed by atoms with E-state index in [4.69, 9.17) is 14.7 Å². The molecular weight excluding hydrogens is 286 g/mol. The van der Waals surface area contributed by atoms with Crippen molar-refractivity contribution in [3.05, 3.63) is 18.2 Å². The number of hydrogen-bond acceptors (Lipinski definition) is 4. The minimum Gasteiger partial charge on any atom is -0.490 e. The molecule has 2 rings (SSSR count). The van der Waals surface area contributed by atoms with Gasteiger partial charge in [-0.15, -0.1) is 0 Å². The summed E-state index contributed by atoms with van der Waals surface area (Å²) in [4.78, 5) is 0.758. The van der Waals surface area contributed by atoms with E-state index in [-0.39, 0.29) is 5.41 Å². The highest BCUT2D eigenvalue weighted by Gasteiger charge is 2.17. The summed E-state index contributed by atoms with van der Waals surface area (Å²) in [6, 6.07) is 7.74. The molecule has 0 aromatic heterocycles. The average molecular weight is 307 g/mol. The third-order valence-corrected chi connectivity index (χ3v) is 4.86. The van der Waals surface area contributed by atoms with Crippen molar-refractivity contribution in [3.8, 4) is 17.6 Å². The lowest BCUT2D eigenvalue weighted by atomic mass is 9.90. The molecule has 1 aliphatic rings. The molecule has 1 aromatic carbocycles. The monoisotopic (exact) mass is 307 g/mol. The number of nitriles is 1. The van der Waals surface area contributed by atoms with Crippen LogP contribution in [0.15, 0.2) is 23.1 Å². The molecule has 0 N–H and O–H groups in total. The van der Waals surface area contributed by atoms with Gasteiger partial charge in [-0.1, -0.05) is 0 Å². The Balaban J connectivity index is 1.97. The minimum absolute atomic E-state index is 0.352. The van der Waals surface area contributed by atoms with Gasteiger partial charge in [-0.05, 0) is 38.8 Å². The van der Waals surface area contributed by atoms with E-state index in [1.165, 1.54) is 0 Å². The molecule has 0 saturated carbocycles. The predicted molar refractivity (Wildman–Crippen MR) is 82.0 cm³/mol. The normalized spacial score (nSPS) is 15.9. The molecule has 0 bridgehead atoms. The molecule has 0 amide bonds. The smallest absolute Gasteiger partial charge is 0.162 e. The molecule has 0 spiro atoms. The van der Waals surface area contributed by atoms with Crippen molar-refractivity contribution in [3.63, 3.8) is 0 Å². The molecule has 1 aliphatic heterocycles. The summed E-state index contributed by atoms with van der Waals surface area (Å²) in [6.45, 7) is 5.09. The summed E-state index contributed by atoms with van der Waals surface area (Å²) in [5, 5.41) is 8.98. The van der Waals surface area contributed by atoms with Gasteiger partial charge in [0.2, 0.25) is 0 Å². The Kier molecular flexibility index (Phi) is 5.24. The second-order valence-corrected chi connectivity index (χ2v) is 7.38. The molecule has 0 aliphatic carbocycles.